The van der Waals surface area contributed by atoms with Gasteiger partial charge in [0.25, 0.3) is 5.91 Å². The highest BCUT2D eigenvalue weighted by Crippen LogP contribution is 2.45. The molecule has 1 fully saturated rings. The number of fused-ring (bicyclic) bond motifs is 2. The molecule has 1 aromatic carbocycles. The van der Waals surface area contributed by atoms with Gasteiger partial charge in [-0.25, -0.2) is 0 Å². The number of carbonyl (C=O) groups excluding carboxylic acids is 1. The van der Waals surface area contributed by atoms with E-state index >= 15 is 0 Å². The molecule has 2 aliphatic heterocycles. The van der Waals surface area contributed by atoms with Gasteiger partial charge in [-0.15, -0.1) is 0 Å². The van der Waals surface area contributed by atoms with E-state index < -0.39 is 0 Å². The van der Waals surface area contributed by atoms with Crippen LogP contribution in [-0.4, -0.2) is 42.5 Å². The summed E-state index contributed by atoms with van der Waals surface area (Å²) in [5.74, 6) is 0.953. The summed E-state index contributed by atoms with van der Waals surface area (Å²) in [7, 11) is 1.69. The van der Waals surface area contributed by atoms with E-state index in [4.69, 9.17) is 9.72 Å². The van der Waals surface area contributed by atoms with Crippen molar-refractivity contribution in [1.82, 2.24) is 9.88 Å². The van der Waals surface area contributed by atoms with E-state index in [2.05, 4.69) is 17.0 Å². The van der Waals surface area contributed by atoms with Crippen LogP contribution in [0.2, 0.25) is 0 Å². The molecule has 1 atom stereocenters. The van der Waals surface area contributed by atoms with Crippen LogP contribution >= 0.6 is 11.3 Å². The van der Waals surface area contributed by atoms with E-state index in [9.17, 15) is 4.79 Å². The van der Waals surface area contributed by atoms with Gasteiger partial charge in [0.15, 0.2) is 0 Å². The molecular formula is C23H23N3O2S. The van der Waals surface area contributed by atoms with Crippen LogP contribution in [0.15, 0.2) is 59.4 Å². The van der Waals surface area contributed by atoms with Gasteiger partial charge < -0.3 is 9.64 Å². The number of hydrogen-bond donors (Lipinski definition) is 0. The molecule has 1 saturated heterocycles. The van der Waals surface area contributed by atoms with Crippen LogP contribution in [0.25, 0.3) is 0 Å². The van der Waals surface area contributed by atoms with Gasteiger partial charge in [-0.3, -0.25) is 14.7 Å². The molecule has 0 unspecified atom stereocenters. The number of thiophene rings is 1. The quantitative estimate of drug-likeness (QED) is 0.659. The molecule has 0 aliphatic carbocycles. The fourth-order valence-corrected chi connectivity index (χ4v) is 5.24. The maximum atomic E-state index is 13.1. The highest BCUT2D eigenvalue weighted by atomic mass is 32.1. The van der Waals surface area contributed by atoms with Crippen LogP contribution in [-0.2, 0) is 12.0 Å². The second kappa shape index (κ2) is 7.28. The summed E-state index contributed by atoms with van der Waals surface area (Å²) in [4.78, 5) is 22.3. The number of anilines is 1. The molecule has 1 spiro atoms. The smallest absolute Gasteiger partial charge is 0.259 e. The van der Waals surface area contributed by atoms with E-state index in [1.54, 1.807) is 18.4 Å². The first-order chi connectivity index (χ1) is 14.2. The maximum Gasteiger partial charge on any atom is 0.259 e. The van der Waals surface area contributed by atoms with Crippen LogP contribution in [0.5, 0.6) is 5.75 Å². The Morgan fingerprint density at radius 2 is 2.07 bits per heavy atom. The van der Waals surface area contributed by atoms with E-state index in [0.717, 1.165) is 48.7 Å². The van der Waals surface area contributed by atoms with Gasteiger partial charge in [0, 0.05) is 36.6 Å². The second-order valence-electron chi connectivity index (χ2n) is 7.86. The van der Waals surface area contributed by atoms with Gasteiger partial charge in [-0.2, -0.15) is 11.3 Å². The minimum absolute atomic E-state index is 0.0750. The zero-order valence-corrected chi connectivity index (χ0v) is 17.2. The number of hydrogen-bond acceptors (Lipinski definition) is 5. The van der Waals surface area contributed by atoms with Crippen molar-refractivity contribution in [3.05, 3.63) is 76.2 Å². The lowest BCUT2D eigenvalue weighted by Crippen LogP contribution is -2.39. The molecule has 4 heterocycles. The lowest BCUT2D eigenvalue weighted by Gasteiger charge is -2.25. The first-order valence-electron chi connectivity index (χ1n) is 9.83. The van der Waals surface area contributed by atoms with Crippen LogP contribution in [0.4, 0.5) is 5.69 Å². The fourth-order valence-electron chi connectivity index (χ4n) is 4.61. The Morgan fingerprint density at radius 3 is 2.83 bits per heavy atom. The molecule has 148 valence electrons. The monoisotopic (exact) mass is 405 g/mol. The Kier molecular flexibility index (Phi) is 4.60. The summed E-state index contributed by atoms with van der Waals surface area (Å²) in [5.41, 5.74) is 3.98. The molecule has 2 aromatic heterocycles. The summed E-state index contributed by atoms with van der Waals surface area (Å²) in [5, 5.41) is 3.88. The van der Waals surface area contributed by atoms with Crippen LogP contribution in [0.3, 0.4) is 0 Å². The van der Waals surface area contributed by atoms with E-state index in [1.165, 1.54) is 5.56 Å². The molecule has 1 amide bonds. The van der Waals surface area contributed by atoms with Gasteiger partial charge in [-0.1, -0.05) is 12.1 Å². The number of benzene rings is 1. The first kappa shape index (κ1) is 18.3. The highest BCUT2D eigenvalue weighted by Gasteiger charge is 2.49. The third-order valence-corrected chi connectivity index (χ3v) is 6.73. The Labute approximate surface area is 174 Å². The number of likely N-dealkylation sites (tertiary alicyclic amines) is 1. The minimum Gasteiger partial charge on any atom is -0.497 e. The third kappa shape index (κ3) is 3.22. The summed E-state index contributed by atoms with van der Waals surface area (Å²) in [6.45, 7) is 3.51. The largest absolute Gasteiger partial charge is 0.497 e. The van der Waals surface area contributed by atoms with E-state index in [1.807, 2.05) is 52.2 Å². The first-order valence-corrected chi connectivity index (χ1v) is 10.8. The van der Waals surface area contributed by atoms with E-state index in [-0.39, 0.29) is 11.3 Å². The molecule has 5 nitrogen and oxygen atoms in total. The Hall–Kier alpha value is -2.70. The number of rotatable bonds is 4. The molecular weight excluding hydrogens is 382 g/mol. The zero-order valence-electron chi connectivity index (χ0n) is 16.4. The summed E-state index contributed by atoms with van der Waals surface area (Å²) in [6, 6.07) is 14.1. The van der Waals surface area contributed by atoms with Crippen LogP contribution < -0.4 is 9.64 Å². The highest BCUT2D eigenvalue weighted by molar-refractivity contribution is 7.08. The summed E-state index contributed by atoms with van der Waals surface area (Å²) in [6.07, 6.45) is 2.87. The van der Waals surface area contributed by atoms with Crippen molar-refractivity contribution < 1.29 is 9.53 Å². The number of carbonyl (C=O) groups is 1. The van der Waals surface area contributed by atoms with Crippen molar-refractivity contribution in [3.8, 4) is 5.75 Å². The van der Waals surface area contributed by atoms with Gasteiger partial charge >= 0.3 is 0 Å². The summed E-state index contributed by atoms with van der Waals surface area (Å²) >= 11 is 1.56. The van der Waals surface area contributed by atoms with E-state index in [0.29, 0.717) is 6.54 Å². The Bertz CT molecular complexity index is 1020. The predicted molar refractivity (Wildman–Crippen MR) is 115 cm³/mol. The molecule has 0 bridgehead atoms. The molecule has 6 heteroatoms. The van der Waals surface area contributed by atoms with Gasteiger partial charge in [-0.05, 0) is 54.2 Å². The van der Waals surface area contributed by atoms with Crippen molar-refractivity contribution >= 4 is 22.9 Å². The molecule has 2 aliphatic rings. The zero-order chi connectivity index (χ0) is 19.8. The van der Waals surface area contributed by atoms with Crippen LogP contribution in [0, 0.1) is 0 Å². The van der Waals surface area contributed by atoms with Gasteiger partial charge in [0.05, 0.1) is 24.1 Å². The normalized spacial score (nSPS) is 20.9. The standard InChI is InChI=1S/C23H23N3O2S/c1-28-19-6-4-17(5-7-19)13-25-11-9-23(15-25)16-26(20-3-2-10-24-21(20)23)22(27)18-8-12-29-14-18/h2-8,10,12,14H,9,11,13,15-16H2,1H3/t23-/m0/s1. The fraction of sp³-hybridized carbons (Fsp3) is 0.304. The second-order valence-corrected chi connectivity index (χ2v) is 8.64. The number of methoxy groups -OCH3 is 1. The molecule has 5 rings (SSSR count). The molecule has 29 heavy (non-hydrogen) atoms. The predicted octanol–water partition coefficient (Wildman–Crippen LogP) is 3.96. The average Bonchev–Trinajstić information content (AvgIpc) is 3.49. The average molecular weight is 406 g/mol. The number of nitrogens with zero attached hydrogens (tertiary/aromatic N) is 3. The van der Waals surface area contributed by atoms with Crippen molar-refractivity contribution in [2.45, 2.75) is 18.4 Å². The third-order valence-electron chi connectivity index (χ3n) is 6.05. The number of ether oxygens (including phenoxy) is 1. The number of amides is 1. The lowest BCUT2D eigenvalue weighted by molar-refractivity contribution is 0.0985. The molecule has 0 radical (unpaired) electrons. The van der Waals surface area contributed by atoms with Crippen molar-refractivity contribution in [1.29, 1.82) is 0 Å². The van der Waals surface area contributed by atoms with Gasteiger partial charge in [0.1, 0.15) is 5.75 Å². The Balaban J connectivity index is 1.38. The van der Waals surface area contributed by atoms with Crippen molar-refractivity contribution in [2.75, 3.05) is 31.6 Å². The maximum absolute atomic E-state index is 13.1. The van der Waals surface area contributed by atoms with Crippen molar-refractivity contribution in [2.24, 2.45) is 0 Å². The Morgan fingerprint density at radius 1 is 1.21 bits per heavy atom. The van der Waals surface area contributed by atoms with Gasteiger partial charge in [0.2, 0.25) is 0 Å². The number of aromatic nitrogens is 1. The van der Waals surface area contributed by atoms with Crippen molar-refractivity contribution in [3.63, 3.8) is 0 Å². The molecule has 3 aromatic rings. The topological polar surface area (TPSA) is 45.7 Å². The number of pyridine rings is 1. The minimum atomic E-state index is -0.0885. The summed E-state index contributed by atoms with van der Waals surface area (Å²) < 4.78 is 5.26. The molecule has 0 saturated carbocycles. The lowest BCUT2D eigenvalue weighted by atomic mass is 9.85. The van der Waals surface area contributed by atoms with Crippen LogP contribution in [0.1, 0.15) is 28.0 Å². The SMILES string of the molecule is COc1ccc(CN2CC[C@]3(C2)CN(C(=O)c2ccsc2)c2cccnc23)cc1. The molecule has 0 N–H and O–H groups in total.